The van der Waals surface area contributed by atoms with Crippen LogP contribution in [0.4, 0.5) is 0 Å². The molecule has 0 aliphatic carbocycles. The van der Waals surface area contributed by atoms with Gasteiger partial charge in [-0.25, -0.2) is 0 Å². The van der Waals surface area contributed by atoms with Crippen LogP contribution in [-0.2, 0) is 0 Å². The molecule has 0 radical (unpaired) electrons. The summed E-state index contributed by atoms with van der Waals surface area (Å²) in [4.78, 5) is 4.13. The maximum absolute atomic E-state index is 5.34. The molecule has 4 nitrogen and oxygen atoms in total. The summed E-state index contributed by atoms with van der Waals surface area (Å²) in [6.07, 6.45) is 5.34. The summed E-state index contributed by atoms with van der Waals surface area (Å²) in [5, 5.41) is 3.72. The van der Waals surface area contributed by atoms with Gasteiger partial charge in [0.15, 0.2) is 5.82 Å². The van der Waals surface area contributed by atoms with E-state index in [9.17, 15) is 0 Å². The van der Waals surface area contributed by atoms with Crippen molar-refractivity contribution in [3.05, 3.63) is 29.6 Å². The van der Waals surface area contributed by atoms with E-state index < -0.39 is 0 Å². The molecule has 80 valence electrons. The van der Waals surface area contributed by atoms with Crippen LogP contribution in [-0.4, -0.2) is 17.3 Å². The second-order valence-electron chi connectivity index (χ2n) is 3.21. The van der Waals surface area contributed by atoms with E-state index >= 15 is 0 Å². The summed E-state index contributed by atoms with van der Waals surface area (Å²) >= 11 is 0. The molecule has 4 heteroatoms. The number of hydrogen-bond donors (Lipinski definition) is 0. The van der Waals surface area contributed by atoms with E-state index in [1.54, 1.807) is 26.2 Å². The average Bonchev–Trinajstić information content (AvgIpc) is 2.75. The summed E-state index contributed by atoms with van der Waals surface area (Å²) in [6.45, 7) is 1.76. The highest BCUT2D eigenvalue weighted by molar-refractivity contribution is 5.60. The first-order valence-electron chi connectivity index (χ1n) is 4.70. The average molecular weight is 214 g/mol. The Balaban J connectivity index is 2.48. The van der Waals surface area contributed by atoms with Gasteiger partial charge in [-0.1, -0.05) is 11.1 Å². The highest BCUT2D eigenvalue weighted by Gasteiger charge is 2.09. The normalized spacial score (nSPS) is 9.81. The van der Waals surface area contributed by atoms with Gasteiger partial charge >= 0.3 is 0 Å². The van der Waals surface area contributed by atoms with Crippen LogP contribution in [0.3, 0.4) is 0 Å². The highest BCUT2D eigenvalue weighted by atomic mass is 16.5. The number of aryl methyl sites for hydroxylation is 1. The van der Waals surface area contributed by atoms with Gasteiger partial charge < -0.3 is 9.26 Å². The minimum atomic E-state index is 0.458. The zero-order valence-electron chi connectivity index (χ0n) is 9.02. The molecule has 1 aromatic heterocycles. The number of aromatic nitrogens is 2. The number of rotatable bonds is 2. The van der Waals surface area contributed by atoms with Crippen molar-refractivity contribution in [2.45, 2.75) is 6.92 Å². The van der Waals surface area contributed by atoms with E-state index in [1.165, 1.54) is 0 Å². The molecule has 1 aromatic carbocycles. The maximum Gasteiger partial charge on any atom is 0.258 e. The predicted molar refractivity (Wildman–Crippen MR) is 59.0 cm³/mol. The van der Waals surface area contributed by atoms with E-state index in [1.807, 2.05) is 6.07 Å². The van der Waals surface area contributed by atoms with Gasteiger partial charge in [0.25, 0.3) is 5.89 Å². The fraction of sp³-hybridized carbons (Fsp3) is 0.167. The SMILES string of the molecule is C#Cc1ccc(-c2nc(C)no2)cc1OC. The first kappa shape index (κ1) is 10.2. The number of terminal acetylenes is 1. The Morgan fingerprint density at radius 1 is 1.44 bits per heavy atom. The molecule has 0 N–H and O–H groups in total. The molecule has 0 saturated carbocycles. The molecule has 0 aliphatic heterocycles. The Kier molecular flexibility index (Phi) is 2.61. The lowest BCUT2D eigenvalue weighted by Gasteiger charge is -2.03. The van der Waals surface area contributed by atoms with Crippen LogP contribution in [0.15, 0.2) is 22.7 Å². The third-order valence-corrected chi connectivity index (χ3v) is 2.13. The molecule has 2 aromatic rings. The van der Waals surface area contributed by atoms with Gasteiger partial charge in [-0.3, -0.25) is 0 Å². The monoisotopic (exact) mass is 214 g/mol. The van der Waals surface area contributed by atoms with E-state index in [4.69, 9.17) is 15.7 Å². The Bertz CT molecular complexity index is 552. The standard InChI is InChI=1S/C12H10N2O2/c1-4-9-5-6-10(7-11(9)15-3)12-13-8(2)14-16-12/h1,5-7H,2-3H3. The lowest BCUT2D eigenvalue weighted by molar-refractivity contribution is 0.411. The van der Waals surface area contributed by atoms with E-state index in [0.29, 0.717) is 23.0 Å². The highest BCUT2D eigenvalue weighted by Crippen LogP contribution is 2.25. The third kappa shape index (κ3) is 1.75. The van der Waals surface area contributed by atoms with Gasteiger partial charge in [-0.2, -0.15) is 4.98 Å². The molecule has 0 atom stereocenters. The van der Waals surface area contributed by atoms with Crippen molar-refractivity contribution in [1.82, 2.24) is 10.1 Å². The van der Waals surface area contributed by atoms with E-state index in [2.05, 4.69) is 16.1 Å². The van der Waals surface area contributed by atoms with Crippen LogP contribution >= 0.6 is 0 Å². The van der Waals surface area contributed by atoms with Crippen LogP contribution in [0.1, 0.15) is 11.4 Å². The maximum atomic E-state index is 5.34. The number of nitrogens with zero attached hydrogens (tertiary/aromatic N) is 2. The lowest BCUT2D eigenvalue weighted by Crippen LogP contribution is -1.89. The molecule has 0 amide bonds. The van der Waals surface area contributed by atoms with Crippen molar-refractivity contribution in [3.63, 3.8) is 0 Å². The second kappa shape index (κ2) is 4.07. The second-order valence-corrected chi connectivity index (χ2v) is 3.21. The van der Waals surface area contributed by atoms with Gasteiger partial charge in [0.2, 0.25) is 0 Å². The minimum absolute atomic E-state index is 0.458. The van der Waals surface area contributed by atoms with Crippen molar-refractivity contribution in [3.8, 4) is 29.5 Å². The molecule has 0 spiro atoms. The largest absolute Gasteiger partial charge is 0.495 e. The van der Waals surface area contributed by atoms with Crippen LogP contribution in [0.5, 0.6) is 5.75 Å². The molecular weight excluding hydrogens is 204 g/mol. The summed E-state index contributed by atoms with van der Waals surface area (Å²) in [5.41, 5.74) is 1.49. The van der Waals surface area contributed by atoms with Crippen molar-refractivity contribution in [1.29, 1.82) is 0 Å². The van der Waals surface area contributed by atoms with Crippen LogP contribution < -0.4 is 4.74 Å². The molecule has 0 saturated heterocycles. The topological polar surface area (TPSA) is 48.2 Å². The van der Waals surface area contributed by atoms with Gasteiger partial charge in [0.05, 0.1) is 12.7 Å². The molecule has 16 heavy (non-hydrogen) atoms. The Morgan fingerprint density at radius 3 is 2.81 bits per heavy atom. The van der Waals surface area contributed by atoms with E-state index in [-0.39, 0.29) is 0 Å². The van der Waals surface area contributed by atoms with Crippen molar-refractivity contribution in [2.75, 3.05) is 7.11 Å². The number of hydrogen-bond acceptors (Lipinski definition) is 4. The molecule has 0 fully saturated rings. The fourth-order valence-corrected chi connectivity index (χ4v) is 1.36. The number of benzene rings is 1. The van der Waals surface area contributed by atoms with Gasteiger partial charge in [-0.15, -0.1) is 6.42 Å². The summed E-state index contributed by atoms with van der Waals surface area (Å²) in [6, 6.07) is 5.39. The van der Waals surface area contributed by atoms with Crippen molar-refractivity contribution in [2.24, 2.45) is 0 Å². The Labute approximate surface area is 93.2 Å². The summed E-state index contributed by atoms with van der Waals surface area (Å²) in [5.74, 6) is 4.21. The van der Waals surface area contributed by atoms with Gasteiger partial charge in [0.1, 0.15) is 5.75 Å². The zero-order valence-corrected chi connectivity index (χ0v) is 9.02. The number of ether oxygens (including phenoxy) is 1. The Morgan fingerprint density at radius 2 is 2.25 bits per heavy atom. The minimum Gasteiger partial charge on any atom is -0.495 e. The molecular formula is C12H10N2O2. The Hall–Kier alpha value is -2.28. The summed E-state index contributed by atoms with van der Waals surface area (Å²) < 4.78 is 10.2. The molecule has 1 heterocycles. The van der Waals surface area contributed by atoms with Crippen LogP contribution in [0.25, 0.3) is 11.5 Å². The molecule has 2 rings (SSSR count). The third-order valence-electron chi connectivity index (χ3n) is 2.13. The molecule has 0 aliphatic rings. The van der Waals surface area contributed by atoms with Crippen LogP contribution in [0.2, 0.25) is 0 Å². The lowest BCUT2D eigenvalue weighted by atomic mass is 10.1. The molecule has 0 bridgehead atoms. The smallest absolute Gasteiger partial charge is 0.258 e. The van der Waals surface area contributed by atoms with Crippen molar-refractivity contribution >= 4 is 0 Å². The quantitative estimate of drug-likeness (QED) is 0.718. The van der Waals surface area contributed by atoms with Crippen LogP contribution in [0, 0.1) is 19.3 Å². The van der Waals surface area contributed by atoms with Gasteiger partial charge in [0, 0.05) is 5.56 Å². The predicted octanol–water partition coefficient (Wildman–Crippen LogP) is 2.03. The van der Waals surface area contributed by atoms with Gasteiger partial charge in [-0.05, 0) is 25.1 Å². The molecule has 0 unspecified atom stereocenters. The summed E-state index contributed by atoms with van der Waals surface area (Å²) in [7, 11) is 1.57. The zero-order chi connectivity index (χ0) is 11.5. The first-order chi connectivity index (χ1) is 7.74. The number of methoxy groups -OCH3 is 1. The van der Waals surface area contributed by atoms with Crippen molar-refractivity contribution < 1.29 is 9.26 Å². The first-order valence-corrected chi connectivity index (χ1v) is 4.70. The fourth-order valence-electron chi connectivity index (χ4n) is 1.36. The van der Waals surface area contributed by atoms with E-state index in [0.717, 1.165) is 5.56 Å².